The lowest BCUT2D eigenvalue weighted by Crippen LogP contribution is -2.38. The van der Waals surface area contributed by atoms with Crippen LogP contribution in [0.3, 0.4) is 0 Å². The fourth-order valence-corrected chi connectivity index (χ4v) is 1.22. The van der Waals surface area contributed by atoms with Crippen molar-refractivity contribution in [1.82, 2.24) is 5.32 Å². The molecule has 0 aliphatic heterocycles. The minimum Gasteiger partial charge on any atom is -0.484 e. The molecular formula is C14H18N2O3. The number of hydrogen-bond acceptors (Lipinski definition) is 4. The van der Waals surface area contributed by atoms with Gasteiger partial charge in [0.05, 0.1) is 11.6 Å². The van der Waals surface area contributed by atoms with Gasteiger partial charge < -0.3 is 15.2 Å². The average Bonchev–Trinajstić information content (AvgIpc) is 2.43. The van der Waals surface area contributed by atoms with Gasteiger partial charge in [-0.2, -0.15) is 5.26 Å². The van der Waals surface area contributed by atoms with Gasteiger partial charge in [-0.1, -0.05) is 13.8 Å². The SMILES string of the molecule is CC(C)(CO)CNC(=O)COc1ccc(C#N)cc1. The molecule has 0 radical (unpaired) electrons. The van der Waals surface area contributed by atoms with Crippen molar-refractivity contribution in [2.24, 2.45) is 5.41 Å². The smallest absolute Gasteiger partial charge is 0.257 e. The molecule has 0 atom stereocenters. The average molecular weight is 262 g/mol. The van der Waals surface area contributed by atoms with Gasteiger partial charge >= 0.3 is 0 Å². The molecule has 0 unspecified atom stereocenters. The number of hydrogen-bond donors (Lipinski definition) is 2. The van der Waals surface area contributed by atoms with Gasteiger partial charge in [-0.15, -0.1) is 0 Å². The summed E-state index contributed by atoms with van der Waals surface area (Å²) in [7, 11) is 0. The number of rotatable bonds is 6. The quantitative estimate of drug-likeness (QED) is 0.803. The van der Waals surface area contributed by atoms with Crippen molar-refractivity contribution < 1.29 is 14.6 Å². The molecule has 0 bridgehead atoms. The lowest BCUT2D eigenvalue weighted by atomic mass is 9.95. The first-order valence-corrected chi connectivity index (χ1v) is 5.97. The number of aliphatic hydroxyl groups excluding tert-OH is 1. The molecule has 0 saturated carbocycles. The predicted molar refractivity (Wildman–Crippen MR) is 70.5 cm³/mol. The zero-order valence-corrected chi connectivity index (χ0v) is 11.1. The highest BCUT2D eigenvalue weighted by Gasteiger charge is 2.17. The predicted octanol–water partition coefficient (Wildman–Crippen LogP) is 1.07. The molecule has 5 nitrogen and oxygen atoms in total. The van der Waals surface area contributed by atoms with Crippen LogP contribution in [-0.4, -0.2) is 30.8 Å². The summed E-state index contributed by atoms with van der Waals surface area (Å²) in [5.74, 6) is 0.293. The molecule has 0 heterocycles. The zero-order valence-electron chi connectivity index (χ0n) is 11.1. The van der Waals surface area contributed by atoms with E-state index in [2.05, 4.69) is 5.32 Å². The Hall–Kier alpha value is -2.06. The fraction of sp³-hybridized carbons (Fsp3) is 0.429. The summed E-state index contributed by atoms with van der Waals surface area (Å²) in [6, 6.07) is 8.54. The molecule has 0 aliphatic rings. The minimum absolute atomic E-state index is 0.00373. The number of amides is 1. The molecule has 102 valence electrons. The Bertz CT molecular complexity index is 461. The lowest BCUT2D eigenvalue weighted by Gasteiger charge is -2.21. The normalized spacial score (nSPS) is 10.6. The molecule has 1 aromatic carbocycles. The molecule has 0 spiro atoms. The molecule has 1 aromatic rings. The Morgan fingerprint density at radius 2 is 2.05 bits per heavy atom. The fourth-order valence-electron chi connectivity index (χ4n) is 1.22. The Balaban J connectivity index is 2.36. The summed E-state index contributed by atoms with van der Waals surface area (Å²) in [5.41, 5.74) is 0.200. The molecule has 0 aromatic heterocycles. The first kappa shape index (κ1) is 15.0. The van der Waals surface area contributed by atoms with E-state index in [-0.39, 0.29) is 24.5 Å². The van der Waals surface area contributed by atoms with Crippen LogP contribution in [0, 0.1) is 16.7 Å². The molecule has 0 aliphatic carbocycles. The highest BCUT2D eigenvalue weighted by atomic mass is 16.5. The van der Waals surface area contributed by atoms with E-state index in [4.69, 9.17) is 15.1 Å². The first-order chi connectivity index (χ1) is 8.96. The van der Waals surface area contributed by atoms with Gasteiger partial charge in [0.2, 0.25) is 0 Å². The van der Waals surface area contributed by atoms with Gasteiger partial charge in [-0.3, -0.25) is 4.79 Å². The molecule has 19 heavy (non-hydrogen) atoms. The third-order valence-corrected chi connectivity index (χ3v) is 2.55. The van der Waals surface area contributed by atoms with Crippen LogP contribution in [0.2, 0.25) is 0 Å². The van der Waals surface area contributed by atoms with E-state index < -0.39 is 0 Å². The second kappa shape index (κ2) is 6.76. The van der Waals surface area contributed by atoms with Gasteiger partial charge in [0.1, 0.15) is 5.75 Å². The number of carbonyl (C=O) groups is 1. The molecule has 5 heteroatoms. The molecule has 1 rings (SSSR count). The van der Waals surface area contributed by atoms with Crippen LogP contribution in [0.15, 0.2) is 24.3 Å². The van der Waals surface area contributed by atoms with Crippen molar-refractivity contribution in [2.75, 3.05) is 19.8 Å². The second-order valence-corrected chi connectivity index (χ2v) is 5.02. The van der Waals surface area contributed by atoms with E-state index >= 15 is 0 Å². The van der Waals surface area contributed by atoms with Crippen LogP contribution in [0.1, 0.15) is 19.4 Å². The number of nitriles is 1. The maximum Gasteiger partial charge on any atom is 0.257 e. The molecule has 1 amide bonds. The maximum absolute atomic E-state index is 11.5. The second-order valence-electron chi connectivity index (χ2n) is 5.02. The van der Waals surface area contributed by atoms with E-state index in [1.165, 1.54) is 0 Å². The topological polar surface area (TPSA) is 82.3 Å². The molecule has 2 N–H and O–H groups in total. The van der Waals surface area contributed by atoms with Crippen LogP contribution in [-0.2, 0) is 4.79 Å². The first-order valence-electron chi connectivity index (χ1n) is 5.97. The summed E-state index contributed by atoms with van der Waals surface area (Å²) in [6.07, 6.45) is 0. The third kappa shape index (κ3) is 5.40. The molecule has 0 saturated heterocycles. The molecular weight excluding hydrogens is 244 g/mol. The number of nitrogens with zero attached hydrogens (tertiary/aromatic N) is 1. The van der Waals surface area contributed by atoms with Crippen molar-refractivity contribution in [2.45, 2.75) is 13.8 Å². The van der Waals surface area contributed by atoms with Gasteiger partial charge in [-0.25, -0.2) is 0 Å². The Kier molecular flexibility index (Phi) is 5.34. The van der Waals surface area contributed by atoms with E-state index in [1.54, 1.807) is 24.3 Å². The summed E-state index contributed by atoms with van der Waals surface area (Å²) >= 11 is 0. The van der Waals surface area contributed by atoms with Crippen molar-refractivity contribution in [1.29, 1.82) is 5.26 Å². The van der Waals surface area contributed by atoms with Gasteiger partial charge in [-0.05, 0) is 24.3 Å². The van der Waals surface area contributed by atoms with Crippen molar-refractivity contribution >= 4 is 5.91 Å². The lowest BCUT2D eigenvalue weighted by molar-refractivity contribution is -0.123. The van der Waals surface area contributed by atoms with Crippen LogP contribution < -0.4 is 10.1 Å². The molecule has 0 fully saturated rings. The van der Waals surface area contributed by atoms with E-state index in [0.717, 1.165) is 0 Å². The summed E-state index contributed by atoms with van der Waals surface area (Å²) in [6.45, 7) is 4.01. The number of aliphatic hydroxyl groups is 1. The van der Waals surface area contributed by atoms with E-state index in [1.807, 2.05) is 19.9 Å². The maximum atomic E-state index is 11.5. The number of benzene rings is 1. The standard InChI is InChI=1S/C14H18N2O3/c1-14(2,10-17)9-16-13(18)8-19-12-5-3-11(7-15)4-6-12/h3-6,17H,8-10H2,1-2H3,(H,16,18). The number of nitrogens with one attached hydrogen (secondary N) is 1. The van der Waals surface area contributed by atoms with Crippen molar-refractivity contribution in [3.63, 3.8) is 0 Å². The van der Waals surface area contributed by atoms with Gasteiger partial charge in [0, 0.05) is 18.6 Å². The highest BCUT2D eigenvalue weighted by Crippen LogP contribution is 2.12. The number of ether oxygens (including phenoxy) is 1. The van der Waals surface area contributed by atoms with Crippen LogP contribution in [0.25, 0.3) is 0 Å². The van der Waals surface area contributed by atoms with Crippen molar-refractivity contribution in [3.8, 4) is 11.8 Å². The van der Waals surface area contributed by atoms with Crippen molar-refractivity contribution in [3.05, 3.63) is 29.8 Å². The van der Waals surface area contributed by atoms with Crippen LogP contribution in [0.5, 0.6) is 5.75 Å². The minimum atomic E-state index is -0.343. The highest BCUT2D eigenvalue weighted by molar-refractivity contribution is 5.77. The summed E-state index contributed by atoms with van der Waals surface area (Å²) in [4.78, 5) is 11.5. The van der Waals surface area contributed by atoms with Crippen LogP contribution in [0.4, 0.5) is 0 Å². The Labute approximate surface area is 112 Å². The van der Waals surface area contributed by atoms with Gasteiger partial charge in [0.15, 0.2) is 6.61 Å². The third-order valence-electron chi connectivity index (χ3n) is 2.55. The summed E-state index contributed by atoms with van der Waals surface area (Å²) < 4.78 is 5.28. The Morgan fingerprint density at radius 3 is 2.58 bits per heavy atom. The van der Waals surface area contributed by atoms with Crippen LogP contribution >= 0.6 is 0 Å². The monoisotopic (exact) mass is 262 g/mol. The van der Waals surface area contributed by atoms with Gasteiger partial charge in [0.25, 0.3) is 5.91 Å². The summed E-state index contributed by atoms with van der Waals surface area (Å²) in [5, 5.41) is 20.4. The van der Waals surface area contributed by atoms with E-state index in [0.29, 0.717) is 17.9 Å². The van der Waals surface area contributed by atoms with E-state index in [9.17, 15) is 4.79 Å². The largest absolute Gasteiger partial charge is 0.484 e. The Morgan fingerprint density at radius 1 is 1.42 bits per heavy atom. The number of carbonyl (C=O) groups excluding carboxylic acids is 1. The zero-order chi connectivity index (χ0) is 14.3.